The van der Waals surface area contributed by atoms with Crippen LogP contribution < -0.4 is 4.74 Å². The van der Waals surface area contributed by atoms with Crippen molar-refractivity contribution >= 4 is 11.9 Å². The quantitative estimate of drug-likeness (QED) is 0.0737. The molecule has 2 fully saturated rings. The van der Waals surface area contributed by atoms with E-state index in [0.29, 0.717) is 23.5 Å². The van der Waals surface area contributed by atoms with Crippen molar-refractivity contribution in [2.75, 3.05) is 13.2 Å². The maximum absolute atomic E-state index is 12.9. The summed E-state index contributed by atoms with van der Waals surface area (Å²) in [6.45, 7) is 9.47. The van der Waals surface area contributed by atoms with E-state index in [2.05, 4.69) is 39.8 Å². The van der Waals surface area contributed by atoms with E-state index in [1.54, 1.807) is 36.4 Å². The Morgan fingerprint density at radius 3 is 2.00 bits per heavy atom. The summed E-state index contributed by atoms with van der Waals surface area (Å²) in [6, 6.07) is 22.0. The van der Waals surface area contributed by atoms with Gasteiger partial charge in [0, 0.05) is 0 Å². The average Bonchev–Trinajstić information content (AvgIpc) is 3.61. The van der Waals surface area contributed by atoms with Crippen molar-refractivity contribution < 1.29 is 38.3 Å². The minimum absolute atomic E-state index is 0.0883. The molecule has 0 bridgehead atoms. The highest BCUT2D eigenvalue weighted by Crippen LogP contribution is 2.31. The molecule has 0 amide bonds. The predicted octanol–water partition coefficient (Wildman–Crippen LogP) is 6.78. The van der Waals surface area contributed by atoms with E-state index >= 15 is 0 Å². The van der Waals surface area contributed by atoms with Gasteiger partial charge in [-0.15, -0.1) is 0 Å². The molecule has 2 aliphatic rings. The number of hydrogen-bond donors (Lipinski definition) is 0. The highest BCUT2D eigenvalue weighted by molar-refractivity contribution is 5.92. The molecule has 0 aromatic heterocycles. The van der Waals surface area contributed by atoms with Gasteiger partial charge in [-0.2, -0.15) is 0 Å². The molecule has 2 aliphatic heterocycles. The Morgan fingerprint density at radius 2 is 1.34 bits per heavy atom. The third-order valence-electron chi connectivity index (χ3n) is 8.02. The number of carbonyl (C=O) groups is 2. The minimum Gasteiger partial charge on any atom is -0.453 e. The Balaban J connectivity index is 1.06. The average molecular weight is 603 g/mol. The van der Waals surface area contributed by atoms with Crippen LogP contribution in [0.1, 0.15) is 84.4 Å². The maximum Gasteiger partial charge on any atom is 0.343 e. The van der Waals surface area contributed by atoms with Gasteiger partial charge in [-0.3, -0.25) is 0 Å². The number of carbonyl (C=O) groups excluding carboxylic acids is 2. The Morgan fingerprint density at radius 1 is 0.750 bits per heavy atom. The number of aryl methyl sites for hydroxylation is 1. The van der Waals surface area contributed by atoms with Gasteiger partial charge >= 0.3 is 11.9 Å². The van der Waals surface area contributed by atoms with Crippen molar-refractivity contribution in [3.05, 3.63) is 101 Å². The largest absolute Gasteiger partial charge is 0.453 e. The van der Waals surface area contributed by atoms with Gasteiger partial charge in [0.2, 0.25) is 0 Å². The lowest BCUT2D eigenvalue weighted by atomic mass is 9.87. The fourth-order valence-corrected chi connectivity index (χ4v) is 5.32. The van der Waals surface area contributed by atoms with Crippen LogP contribution in [0.15, 0.2) is 72.8 Å². The lowest BCUT2D eigenvalue weighted by molar-refractivity contribution is -0.341. The number of hydrogen-bond acceptors (Lipinski definition) is 8. The van der Waals surface area contributed by atoms with Gasteiger partial charge in [-0.05, 0) is 71.3 Å². The van der Waals surface area contributed by atoms with E-state index in [1.807, 2.05) is 24.3 Å². The molecule has 8 nitrogen and oxygen atoms in total. The van der Waals surface area contributed by atoms with Crippen LogP contribution in [0.25, 0.3) is 0 Å². The van der Waals surface area contributed by atoms with Crippen LogP contribution >= 0.6 is 0 Å². The molecule has 0 saturated carbocycles. The predicted molar refractivity (Wildman–Crippen MR) is 165 cm³/mol. The summed E-state index contributed by atoms with van der Waals surface area (Å²) in [6.07, 6.45) is 2.64. The van der Waals surface area contributed by atoms with Crippen LogP contribution in [-0.4, -0.2) is 49.6 Å². The van der Waals surface area contributed by atoms with Crippen molar-refractivity contribution in [2.24, 2.45) is 0 Å². The summed E-state index contributed by atoms with van der Waals surface area (Å²) in [5.41, 5.74) is 4.35. The molecular weight excluding hydrogens is 560 g/mol. The molecule has 0 radical (unpaired) electrons. The smallest absolute Gasteiger partial charge is 0.343 e. The lowest BCUT2D eigenvalue weighted by Crippen LogP contribution is -2.35. The molecule has 0 aliphatic carbocycles. The molecule has 2 heterocycles. The van der Waals surface area contributed by atoms with Crippen molar-refractivity contribution in [3.8, 4) is 5.75 Å². The van der Waals surface area contributed by atoms with Crippen LogP contribution in [-0.2, 0) is 42.4 Å². The normalized spacial score (nSPS) is 21.2. The third kappa shape index (κ3) is 8.12. The van der Waals surface area contributed by atoms with E-state index in [1.165, 1.54) is 24.0 Å². The molecule has 0 spiro atoms. The molecule has 3 aromatic carbocycles. The van der Waals surface area contributed by atoms with E-state index < -0.39 is 36.4 Å². The second-order valence-corrected chi connectivity index (χ2v) is 12.5. The fraction of sp³-hybridized carbons (Fsp3) is 0.444. The molecule has 5 rings (SSSR count). The van der Waals surface area contributed by atoms with Crippen molar-refractivity contribution in [3.63, 3.8) is 0 Å². The third-order valence-corrected chi connectivity index (χ3v) is 8.02. The highest BCUT2D eigenvalue weighted by Gasteiger charge is 2.50. The SMILES string of the molecule is CCCCCc1ccc(C(=O)Oc2ccc(C(=O)OC3COC4C(OOCc5ccc(C(C)(C)C)cc5)COC34)cc2)cc1. The number of benzene rings is 3. The van der Waals surface area contributed by atoms with Gasteiger partial charge in [0.25, 0.3) is 0 Å². The summed E-state index contributed by atoms with van der Waals surface area (Å²) in [5, 5.41) is 0. The highest BCUT2D eigenvalue weighted by atomic mass is 17.2. The molecule has 4 atom stereocenters. The molecule has 0 N–H and O–H groups in total. The molecule has 8 heteroatoms. The van der Waals surface area contributed by atoms with Crippen LogP contribution in [0.2, 0.25) is 0 Å². The van der Waals surface area contributed by atoms with Crippen LogP contribution in [0.3, 0.4) is 0 Å². The first-order valence-electron chi connectivity index (χ1n) is 15.4. The zero-order valence-corrected chi connectivity index (χ0v) is 26.0. The van der Waals surface area contributed by atoms with Gasteiger partial charge in [0.05, 0.1) is 24.3 Å². The number of esters is 2. The van der Waals surface area contributed by atoms with Gasteiger partial charge in [-0.1, -0.05) is 76.9 Å². The van der Waals surface area contributed by atoms with Gasteiger partial charge < -0.3 is 18.9 Å². The number of ether oxygens (including phenoxy) is 4. The first kappa shape index (κ1) is 31.9. The lowest BCUT2D eigenvalue weighted by Gasteiger charge is -2.19. The Bertz CT molecular complexity index is 1380. The molecule has 44 heavy (non-hydrogen) atoms. The Labute approximate surface area is 259 Å². The second-order valence-electron chi connectivity index (χ2n) is 12.5. The summed E-state index contributed by atoms with van der Waals surface area (Å²) in [5.74, 6) is -0.627. The van der Waals surface area contributed by atoms with E-state index in [-0.39, 0.29) is 18.6 Å². The summed E-state index contributed by atoms with van der Waals surface area (Å²) in [7, 11) is 0. The fourth-order valence-electron chi connectivity index (χ4n) is 5.32. The number of rotatable bonds is 12. The van der Waals surface area contributed by atoms with Gasteiger partial charge in [0.1, 0.15) is 30.7 Å². The van der Waals surface area contributed by atoms with Gasteiger partial charge in [-0.25, -0.2) is 19.4 Å². The van der Waals surface area contributed by atoms with E-state index in [9.17, 15) is 9.59 Å². The minimum atomic E-state index is -0.575. The van der Waals surface area contributed by atoms with Crippen molar-refractivity contribution in [1.82, 2.24) is 0 Å². The Hall–Kier alpha value is -3.56. The molecule has 2 saturated heterocycles. The molecular formula is C36H42O8. The van der Waals surface area contributed by atoms with E-state index in [0.717, 1.165) is 18.4 Å². The van der Waals surface area contributed by atoms with Crippen molar-refractivity contribution in [1.29, 1.82) is 0 Å². The van der Waals surface area contributed by atoms with Crippen LogP contribution in [0.4, 0.5) is 0 Å². The zero-order valence-electron chi connectivity index (χ0n) is 26.0. The van der Waals surface area contributed by atoms with Crippen LogP contribution in [0.5, 0.6) is 5.75 Å². The van der Waals surface area contributed by atoms with Crippen LogP contribution in [0, 0.1) is 0 Å². The molecule has 234 valence electrons. The number of unbranched alkanes of at least 4 members (excludes halogenated alkanes) is 2. The first-order chi connectivity index (χ1) is 21.2. The summed E-state index contributed by atoms with van der Waals surface area (Å²) >= 11 is 0. The maximum atomic E-state index is 12.9. The topological polar surface area (TPSA) is 89.5 Å². The second kappa shape index (κ2) is 14.5. The van der Waals surface area contributed by atoms with Crippen molar-refractivity contribution in [2.45, 2.75) is 89.8 Å². The molecule has 3 aromatic rings. The summed E-state index contributed by atoms with van der Waals surface area (Å²) < 4.78 is 22.9. The Kier molecular flexibility index (Phi) is 10.5. The monoisotopic (exact) mass is 602 g/mol. The first-order valence-corrected chi connectivity index (χ1v) is 15.4. The standard InChI is InChI=1S/C36H42O8/c1-5-6-7-8-24-9-13-26(14-10-24)34(37)42-29-19-15-27(16-20-29)35(38)43-30-22-39-33-31(23-40-32(30)33)44-41-21-25-11-17-28(18-12-25)36(2,3)4/h9-20,30-33H,5-8,21-23H2,1-4H3. The van der Waals surface area contributed by atoms with E-state index in [4.69, 9.17) is 28.7 Å². The zero-order chi connectivity index (χ0) is 31.1. The van der Waals surface area contributed by atoms with Gasteiger partial charge in [0.15, 0.2) is 6.10 Å². The molecule has 4 unspecified atom stereocenters. The summed E-state index contributed by atoms with van der Waals surface area (Å²) in [4.78, 5) is 36.6. The number of fused-ring (bicyclic) bond motifs is 1.